The second kappa shape index (κ2) is 4.29. The second-order valence-corrected chi connectivity index (χ2v) is 4.53. The molecule has 3 atom stereocenters. The summed E-state index contributed by atoms with van der Waals surface area (Å²) in [5, 5.41) is 7.80. The van der Waals surface area contributed by atoms with Gasteiger partial charge in [-0.05, 0) is 25.3 Å². The molecule has 0 aliphatic heterocycles. The van der Waals surface area contributed by atoms with Crippen LogP contribution in [0.25, 0.3) is 0 Å². The molecule has 0 aromatic heterocycles. The lowest BCUT2D eigenvalue weighted by Gasteiger charge is -2.17. The van der Waals surface area contributed by atoms with Gasteiger partial charge in [0.05, 0.1) is 0 Å². The summed E-state index contributed by atoms with van der Waals surface area (Å²) >= 11 is 5.61. The van der Waals surface area contributed by atoms with Crippen LogP contribution in [0, 0.1) is 11.8 Å². The van der Waals surface area contributed by atoms with E-state index in [1.807, 2.05) is 11.9 Å². The maximum absolute atomic E-state index is 10.4. The highest BCUT2D eigenvalue weighted by Crippen LogP contribution is 2.37. The standard InChI is InChI=1S/C9H16ClNO2/c1-6-3-7(6)4-11(2)5-8(10)9(12)13/h6-8H,3-5H2,1-2H3,(H,12,13). The number of rotatable bonds is 5. The van der Waals surface area contributed by atoms with Crippen LogP contribution in [0.1, 0.15) is 13.3 Å². The molecular weight excluding hydrogens is 190 g/mol. The summed E-state index contributed by atoms with van der Waals surface area (Å²) in [6, 6.07) is 0. The van der Waals surface area contributed by atoms with Crippen molar-refractivity contribution in [1.29, 1.82) is 0 Å². The molecule has 3 nitrogen and oxygen atoms in total. The van der Waals surface area contributed by atoms with Crippen molar-refractivity contribution in [2.24, 2.45) is 11.8 Å². The maximum Gasteiger partial charge on any atom is 0.322 e. The van der Waals surface area contributed by atoms with Gasteiger partial charge in [0, 0.05) is 13.1 Å². The van der Waals surface area contributed by atoms with Crippen molar-refractivity contribution < 1.29 is 9.90 Å². The third-order valence-electron chi connectivity index (χ3n) is 2.56. The largest absolute Gasteiger partial charge is 0.480 e. The molecule has 76 valence electrons. The Hall–Kier alpha value is -0.280. The van der Waals surface area contributed by atoms with Crippen LogP contribution < -0.4 is 0 Å². The Morgan fingerprint density at radius 3 is 2.69 bits per heavy atom. The fourth-order valence-electron chi connectivity index (χ4n) is 1.48. The molecule has 3 unspecified atom stereocenters. The number of carbonyl (C=O) groups is 1. The van der Waals surface area contributed by atoms with Crippen molar-refractivity contribution in [2.45, 2.75) is 18.7 Å². The van der Waals surface area contributed by atoms with E-state index in [9.17, 15) is 4.79 Å². The summed E-state index contributed by atoms with van der Waals surface area (Å²) < 4.78 is 0. The van der Waals surface area contributed by atoms with Crippen LogP contribution >= 0.6 is 11.6 Å². The summed E-state index contributed by atoms with van der Waals surface area (Å²) in [6.07, 6.45) is 1.27. The van der Waals surface area contributed by atoms with Crippen LogP contribution in [0.2, 0.25) is 0 Å². The molecule has 1 fully saturated rings. The van der Waals surface area contributed by atoms with Crippen LogP contribution in [-0.4, -0.2) is 41.5 Å². The highest BCUT2D eigenvalue weighted by Gasteiger charge is 2.33. The lowest BCUT2D eigenvalue weighted by Crippen LogP contribution is -2.32. The van der Waals surface area contributed by atoms with Gasteiger partial charge in [-0.2, -0.15) is 0 Å². The molecule has 4 heteroatoms. The van der Waals surface area contributed by atoms with E-state index in [0.717, 1.165) is 18.4 Å². The number of hydrogen-bond donors (Lipinski definition) is 1. The predicted molar refractivity (Wildman–Crippen MR) is 52.0 cm³/mol. The number of hydrogen-bond acceptors (Lipinski definition) is 2. The Morgan fingerprint density at radius 1 is 1.77 bits per heavy atom. The Balaban J connectivity index is 2.17. The molecule has 0 spiro atoms. The molecule has 0 bridgehead atoms. The fourth-order valence-corrected chi connectivity index (χ4v) is 1.72. The third kappa shape index (κ3) is 3.53. The van der Waals surface area contributed by atoms with Crippen LogP contribution in [0.3, 0.4) is 0 Å². The molecule has 0 saturated heterocycles. The van der Waals surface area contributed by atoms with E-state index in [2.05, 4.69) is 6.92 Å². The molecule has 1 N–H and O–H groups in total. The minimum atomic E-state index is -0.933. The van der Waals surface area contributed by atoms with E-state index in [0.29, 0.717) is 6.54 Å². The molecular formula is C9H16ClNO2. The molecule has 1 aliphatic carbocycles. The molecule has 0 heterocycles. The molecule has 13 heavy (non-hydrogen) atoms. The van der Waals surface area contributed by atoms with E-state index in [1.165, 1.54) is 6.42 Å². The molecule has 0 aromatic carbocycles. The number of carboxylic acid groups (broad SMARTS) is 1. The second-order valence-electron chi connectivity index (χ2n) is 4.00. The van der Waals surface area contributed by atoms with Gasteiger partial charge >= 0.3 is 5.97 Å². The molecule has 0 aromatic rings. The van der Waals surface area contributed by atoms with Gasteiger partial charge in [0.2, 0.25) is 0 Å². The predicted octanol–water partition coefficient (Wildman–Crippen LogP) is 1.27. The SMILES string of the molecule is CC1CC1CN(C)CC(Cl)C(=O)O. The first-order valence-corrected chi connectivity index (χ1v) is 4.99. The minimum Gasteiger partial charge on any atom is -0.480 e. The van der Waals surface area contributed by atoms with E-state index < -0.39 is 11.3 Å². The van der Waals surface area contributed by atoms with Crippen molar-refractivity contribution in [3.8, 4) is 0 Å². The lowest BCUT2D eigenvalue weighted by atomic mass is 10.3. The summed E-state index contributed by atoms with van der Waals surface area (Å²) in [7, 11) is 1.92. The van der Waals surface area contributed by atoms with Crippen molar-refractivity contribution in [3.05, 3.63) is 0 Å². The van der Waals surface area contributed by atoms with Crippen LogP contribution in [0.15, 0.2) is 0 Å². The highest BCUT2D eigenvalue weighted by atomic mass is 35.5. The van der Waals surface area contributed by atoms with Gasteiger partial charge in [0.1, 0.15) is 5.38 Å². The van der Waals surface area contributed by atoms with Gasteiger partial charge in [0.25, 0.3) is 0 Å². The summed E-state index contributed by atoms with van der Waals surface area (Å²) in [4.78, 5) is 12.4. The molecule has 0 amide bonds. The van der Waals surface area contributed by atoms with E-state index >= 15 is 0 Å². The van der Waals surface area contributed by atoms with Gasteiger partial charge in [-0.25, -0.2) is 0 Å². The van der Waals surface area contributed by atoms with Gasteiger partial charge in [-0.3, -0.25) is 4.79 Å². The van der Waals surface area contributed by atoms with Crippen molar-refractivity contribution in [1.82, 2.24) is 4.90 Å². The Bertz CT molecular complexity index is 198. The number of halogens is 1. The normalized spacial score (nSPS) is 28.9. The monoisotopic (exact) mass is 205 g/mol. The average molecular weight is 206 g/mol. The van der Waals surface area contributed by atoms with Gasteiger partial charge in [-0.1, -0.05) is 6.92 Å². The minimum absolute atomic E-state index is 0.431. The zero-order chi connectivity index (χ0) is 10.0. The first kappa shape index (κ1) is 10.8. The summed E-state index contributed by atoms with van der Waals surface area (Å²) in [5.74, 6) is 0.626. The summed E-state index contributed by atoms with van der Waals surface area (Å²) in [6.45, 7) is 3.62. The quantitative estimate of drug-likeness (QED) is 0.688. The molecule has 0 radical (unpaired) electrons. The van der Waals surface area contributed by atoms with Crippen molar-refractivity contribution >= 4 is 17.6 Å². The van der Waals surface area contributed by atoms with E-state index in [4.69, 9.17) is 16.7 Å². The fraction of sp³-hybridized carbons (Fsp3) is 0.889. The highest BCUT2D eigenvalue weighted by molar-refractivity contribution is 6.29. The van der Waals surface area contributed by atoms with Gasteiger partial charge < -0.3 is 10.0 Å². The number of alkyl halides is 1. The molecule has 1 saturated carbocycles. The topological polar surface area (TPSA) is 40.5 Å². The smallest absolute Gasteiger partial charge is 0.322 e. The number of nitrogens with zero attached hydrogens (tertiary/aromatic N) is 1. The third-order valence-corrected chi connectivity index (χ3v) is 2.89. The average Bonchev–Trinajstić information content (AvgIpc) is 2.65. The first-order chi connectivity index (χ1) is 6.00. The van der Waals surface area contributed by atoms with Gasteiger partial charge in [-0.15, -0.1) is 11.6 Å². The van der Waals surface area contributed by atoms with Crippen LogP contribution in [0.5, 0.6) is 0 Å². The number of carboxylic acids is 1. The van der Waals surface area contributed by atoms with E-state index in [-0.39, 0.29) is 0 Å². The van der Waals surface area contributed by atoms with Crippen LogP contribution in [0.4, 0.5) is 0 Å². The zero-order valence-corrected chi connectivity index (χ0v) is 8.79. The Kier molecular flexibility index (Phi) is 3.56. The number of aliphatic carboxylic acids is 1. The zero-order valence-electron chi connectivity index (χ0n) is 8.03. The molecule has 1 aliphatic rings. The van der Waals surface area contributed by atoms with E-state index in [1.54, 1.807) is 0 Å². The van der Waals surface area contributed by atoms with Crippen molar-refractivity contribution in [3.63, 3.8) is 0 Å². The Labute approximate surface area is 83.7 Å². The van der Waals surface area contributed by atoms with Crippen molar-refractivity contribution in [2.75, 3.05) is 20.1 Å². The lowest BCUT2D eigenvalue weighted by molar-refractivity contribution is -0.136. The van der Waals surface area contributed by atoms with Crippen LogP contribution in [-0.2, 0) is 4.79 Å². The maximum atomic E-state index is 10.4. The van der Waals surface area contributed by atoms with Gasteiger partial charge in [0.15, 0.2) is 0 Å². The first-order valence-electron chi connectivity index (χ1n) is 4.56. The summed E-state index contributed by atoms with van der Waals surface area (Å²) in [5.41, 5.74) is 0. The Morgan fingerprint density at radius 2 is 2.31 bits per heavy atom. The molecule has 1 rings (SSSR count).